The SMILES string of the molecule is O=C(Nc1n[nH]c(-c2ccccn2)n1)c1nn(-c2ccccc2)c2c1CCC2. The van der Waals surface area contributed by atoms with Crippen molar-refractivity contribution in [1.29, 1.82) is 0 Å². The van der Waals surface area contributed by atoms with E-state index in [0.29, 0.717) is 17.2 Å². The quantitative estimate of drug-likeness (QED) is 0.574. The minimum atomic E-state index is -0.306. The zero-order valence-electron chi connectivity index (χ0n) is 15.0. The van der Waals surface area contributed by atoms with Crippen LogP contribution in [0.25, 0.3) is 17.2 Å². The summed E-state index contributed by atoms with van der Waals surface area (Å²) >= 11 is 0. The number of anilines is 1. The van der Waals surface area contributed by atoms with Crippen LogP contribution in [-0.2, 0) is 12.8 Å². The van der Waals surface area contributed by atoms with Crippen LogP contribution in [0.1, 0.15) is 28.2 Å². The van der Waals surface area contributed by atoms with Gasteiger partial charge in [0.25, 0.3) is 5.91 Å². The van der Waals surface area contributed by atoms with Gasteiger partial charge in [-0.3, -0.25) is 20.2 Å². The van der Waals surface area contributed by atoms with E-state index in [0.717, 1.165) is 36.2 Å². The average Bonchev–Trinajstić information content (AvgIpc) is 3.46. The number of pyridine rings is 1. The number of H-pyrrole nitrogens is 1. The van der Waals surface area contributed by atoms with Gasteiger partial charge >= 0.3 is 0 Å². The first-order valence-corrected chi connectivity index (χ1v) is 9.11. The maximum atomic E-state index is 12.9. The lowest BCUT2D eigenvalue weighted by molar-refractivity contribution is 0.102. The molecular weight excluding hydrogens is 354 g/mol. The summed E-state index contributed by atoms with van der Waals surface area (Å²) in [4.78, 5) is 21.4. The molecular formula is C20H17N7O. The van der Waals surface area contributed by atoms with Crippen molar-refractivity contribution in [2.45, 2.75) is 19.3 Å². The van der Waals surface area contributed by atoms with Crippen LogP contribution in [0.2, 0.25) is 0 Å². The van der Waals surface area contributed by atoms with Crippen LogP contribution in [0.4, 0.5) is 5.95 Å². The molecule has 8 nitrogen and oxygen atoms in total. The summed E-state index contributed by atoms with van der Waals surface area (Å²) in [5, 5.41) is 14.2. The highest BCUT2D eigenvalue weighted by molar-refractivity contribution is 6.03. The highest BCUT2D eigenvalue weighted by atomic mass is 16.2. The van der Waals surface area contributed by atoms with Crippen molar-refractivity contribution < 1.29 is 4.79 Å². The van der Waals surface area contributed by atoms with E-state index in [1.807, 2.05) is 53.2 Å². The Labute approximate surface area is 160 Å². The molecule has 0 bridgehead atoms. The maximum absolute atomic E-state index is 12.9. The summed E-state index contributed by atoms with van der Waals surface area (Å²) in [6.45, 7) is 0. The Morgan fingerprint density at radius 1 is 1.07 bits per heavy atom. The van der Waals surface area contributed by atoms with Gasteiger partial charge in [0.2, 0.25) is 5.95 Å². The fraction of sp³-hybridized carbons (Fsp3) is 0.150. The van der Waals surface area contributed by atoms with Crippen molar-refractivity contribution in [3.05, 3.63) is 71.7 Å². The van der Waals surface area contributed by atoms with Gasteiger partial charge in [-0.25, -0.2) is 4.68 Å². The zero-order valence-corrected chi connectivity index (χ0v) is 15.0. The fourth-order valence-corrected chi connectivity index (χ4v) is 3.50. The number of carbonyl (C=O) groups is 1. The number of aromatic nitrogens is 6. The molecule has 4 aromatic rings. The van der Waals surface area contributed by atoms with Crippen molar-refractivity contribution in [3.8, 4) is 17.2 Å². The van der Waals surface area contributed by atoms with E-state index in [4.69, 9.17) is 0 Å². The van der Waals surface area contributed by atoms with Crippen LogP contribution in [-0.4, -0.2) is 35.9 Å². The van der Waals surface area contributed by atoms with Crippen molar-refractivity contribution in [2.24, 2.45) is 0 Å². The lowest BCUT2D eigenvalue weighted by Gasteiger charge is -2.04. The minimum absolute atomic E-state index is 0.201. The highest BCUT2D eigenvalue weighted by Crippen LogP contribution is 2.28. The lowest BCUT2D eigenvalue weighted by atomic mass is 10.2. The third-order valence-corrected chi connectivity index (χ3v) is 4.76. The van der Waals surface area contributed by atoms with E-state index in [2.05, 4.69) is 30.6 Å². The van der Waals surface area contributed by atoms with Crippen molar-refractivity contribution in [3.63, 3.8) is 0 Å². The number of nitrogens with one attached hydrogen (secondary N) is 2. The van der Waals surface area contributed by atoms with Gasteiger partial charge < -0.3 is 0 Å². The van der Waals surface area contributed by atoms with Gasteiger partial charge in [0.15, 0.2) is 11.5 Å². The molecule has 0 radical (unpaired) electrons. The summed E-state index contributed by atoms with van der Waals surface area (Å²) in [6, 6.07) is 15.4. The number of hydrogen-bond acceptors (Lipinski definition) is 5. The monoisotopic (exact) mass is 371 g/mol. The smallest absolute Gasteiger partial charge is 0.278 e. The van der Waals surface area contributed by atoms with Crippen molar-refractivity contribution >= 4 is 11.9 Å². The number of rotatable bonds is 4. The van der Waals surface area contributed by atoms with Crippen LogP contribution in [0.5, 0.6) is 0 Å². The van der Waals surface area contributed by atoms with E-state index in [9.17, 15) is 4.79 Å². The zero-order chi connectivity index (χ0) is 18.9. The molecule has 0 spiro atoms. The topological polar surface area (TPSA) is 101 Å². The number of carbonyl (C=O) groups excluding carboxylic acids is 1. The second kappa shape index (κ2) is 6.73. The summed E-state index contributed by atoms with van der Waals surface area (Å²) in [7, 11) is 0. The first kappa shape index (κ1) is 16.4. The Bertz CT molecular complexity index is 1130. The highest BCUT2D eigenvalue weighted by Gasteiger charge is 2.27. The third kappa shape index (κ3) is 2.84. The van der Waals surface area contributed by atoms with E-state index in [1.165, 1.54) is 0 Å². The Morgan fingerprint density at radius 2 is 1.93 bits per heavy atom. The van der Waals surface area contributed by atoms with Crippen molar-refractivity contribution in [1.82, 2.24) is 29.9 Å². The van der Waals surface area contributed by atoms with Crippen LogP contribution in [0.15, 0.2) is 54.7 Å². The number of aromatic amines is 1. The molecule has 1 aliphatic carbocycles. The first-order chi connectivity index (χ1) is 13.8. The van der Waals surface area contributed by atoms with Gasteiger partial charge in [0.1, 0.15) is 5.69 Å². The van der Waals surface area contributed by atoms with Crippen LogP contribution >= 0.6 is 0 Å². The number of nitrogens with zero attached hydrogens (tertiary/aromatic N) is 5. The number of hydrogen-bond donors (Lipinski definition) is 2. The lowest BCUT2D eigenvalue weighted by Crippen LogP contribution is -2.16. The third-order valence-electron chi connectivity index (χ3n) is 4.76. The number of fused-ring (bicyclic) bond motifs is 1. The van der Waals surface area contributed by atoms with Crippen LogP contribution < -0.4 is 5.32 Å². The summed E-state index contributed by atoms with van der Waals surface area (Å²) in [6.07, 6.45) is 4.45. The van der Waals surface area contributed by atoms with Crippen molar-refractivity contribution in [2.75, 3.05) is 5.32 Å². The minimum Gasteiger partial charge on any atom is -0.288 e. The molecule has 0 unspecified atom stereocenters. The summed E-state index contributed by atoms with van der Waals surface area (Å²) in [5.74, 6) is 0.391. The number of benzene rings is 1. The molecule has 1 aliphatic rings. The molecule has 0 saturated heterocycles. The van der Waals surface area contributed by atoms with Gasteiger partial charge in [-0.2, -0.15) is 10.1 Å². The largest absolute Gasteiger partial charge is 0.288 e. The molecule has 1 aromatic carbocycles. The predicted octanol–water partition coefficient (Wildman–Crippen LogP) is 2.79. The van der Waals surface area contributed by atoms with E-state index in [-0.39, 0.29) is 11.9 Å². The molecule has 138 valence electrons. The number of para-hydroxylation sites is 1. The Kier molecular flexibility index (Phi) is 3.93. The maximum Gasteiger partial charge on any atom is 0.278 e. The van der Waals surface area contributed by atoms with Gasteiger partial charge in [-0.15, -0.1) is 5.10 Å². The van der Waals surface area contributed by atoms with Gasteiger partial charge in [-0.1, -0.05) is 24.3 Å². The fourth-order valence-electron chi connectivity index (χ4n) is 3.50. The predicted molar refractivity (Wildman–Crippen MR) is 103 cm³/mol. The molecule has 5 rings (SSSR count). The molecule has 28 heavy (non-hydrogen) atoms. The summed E-state index contributed by atoms with van der Waals surface area (Å²) < 4.78 is 1.87. The Morgan fingerprint density at radius 3 is 2.75 bits per heavy atom. The number of amides is 1. The van der Waals surface area contributed by atoms with Crippen LogP contribution in [0.3, 0.4) is 0 Å². The van der Waals surface area contributed by atoms with Gasteiger partial charge in [0, 0.05) is 17.5 Å². The molecule has 2 N–H and O–H groups in total. The van der Waals surface area contributed by atoms with E-state index < -0.39 is 0 Å². The van der Waals surface area contributed by atoms with Gasteiger partial charge in [0.05, 0.1) is 5.69 Å². The molecule has 0 saturated carbocycles. The standard InChI is InChI=1S/C20H17N7O/c28-19(23-20-22-18(24-25-20)15-10-4-5-12-21-15)17-14-9-6-11-16(14)27(26-17)13-7-2-1-3-8-13/h1-5,7-8,10,12H,6,9,11H2,(H2,22,23,24,25,28). The van der Waals surface area contributed by atoms with E-state index in [1.54, 1.807) is 6.20 Å². The summed E-state index contributed by atoms with van der Waals surface area (Å²) in [5.41, 5.74) is 4.14. The second-order valence-corrected chi connectivity index (χ2v) is 6.55. The molecule has 3 heterocycles. The molecule has 0 atom stereocenters. The normalized spacial score (nSPS) is 12.7. The van der Waals surface area contributed by atoms with Gasteiger partial charge in [-0.05, 0) is 43.5 Å². The molecule has 8 heteroatoms. The second-order valence-electron chi connectivity index (χ2n) is 6.55. The molecule has 1 amide bonds. The Hall–Kier alpha value is -3.81. The molecule has 3 aromatic heterocycles. The molecule has 0 fully saturated rings. The van der Waals surface area contributed by atoms with Crippen LogP contribution in [0, 0.1) is 0 Å². The average molecular weight is 371 g/mol. The Balaban J connectivity index is 1.43. The van der Waals surface area contributed by atoms with E-state index >= 15 is 0 Å². The first-order valence-electron chi connectivity index (χ1n) is 9.11. The molecule has 0 aliphatic heterocycles.